The smallest absolute Gasteiger partial charge is 0.225 e. The van der Waals surface area contributed by atoms with Crippen molar-refractivity contribution < 1.29 is 13.9 Å². The maximum atomic E-state index is 13.2. The van der Waals surface area contributed by atoms with Gasteiger partial charge in [-0.05, 0) is 37.0 Å². The Morgan fingerprint density at radius 3 is 2.86 bits per heavy atom. The molecule has 1 amide bonds. The van der Waals surface area contributed by atoms with Gasteiger partial charge in [-0.25, -0.2) is 4.39 Å². The van der Waals surface area contributed by atoms with Gasteiger partial charge in [-0.2, -0.15) is 0 Å². The summed E-state index contributed by atoms with van der Waals surface area (Å²) in [7, 11) is 1.57. The van der Waals surface area contributed by atoms with E-state index in [9.17, 15) is 9.18 Å². The fraction of sp³-hybridized carbons (Fsp3) is 0.562. The van der Waals surface area contributed by atoms with E-state index in [0.717, 1.165) is 18.4 Å². The highest BCUT2D eigenvalue weighted by molar-refractivity contribution is 5.77. The van der Waals surface area contributed by atoms with E-state index in [1.807, 2.05) is 11.0 Å². The van der Waals surface area contributed by atoms with Crippen LogP contribution in [0.25, 0.3) is 0 Å². The first-order valence-electron chi connectivity index (χ1n) is 7.40. The second-order valence-corrected chi connectivity index (χ2v) is 5.50. The summed E-state index contributed by atoms with van der Waals surface area (Å²) in [4.78, 5) is 14.3. The Morgan fingerprint density at radius 1 is 1.52 bits per heavy atom. The molecule has 2 N–H and O–H groups in total. The molecule has 1 aromatic rings. The van der Waals surface area contributed by atoms with Gasteiger partial charge >= 0.3 is 0 Å². The number of hydrogen-bond donors (Lipinski definition) is 1. The number of carbonyl (C=O) groups is 1. The summed E-state index contributed by atoms with van der Waals surface area (Å²) < 4.78 is 18.4. The molecule has 1 aliphatic carbocycles. The van der Waals surface area contributed by atoms with E-state index in [-0.39, 0.29) is 17.8 Å². The average molecular weight is 294 g/mol. The lowest BCUT2D eigenvalue weighted by atomic mass is 10.1. The van der Waals surface area contributed by atoms with Gasteiger partial charge in [0.2, 0.25) is 5.91 Å². The Kier molecular flexibility index (Phi) is 5.70. The molecule has 5 heteroatoms. The summed E-state index contributed by atoms with van der Waals surface area (Å²) in [5.41, 5.74) is 6.48. The van der Waals surface area contributed by atoms with Crippen LogP contribution < -0.4 is 5.73 Å². The molecule has 0 spiro atoms. The van der Waals surface area contributed by atoms with Gasteiger partial charge in [0.25, 0.3) is 0 Å². The molecule has 0 aliphatic heterocycles. The SMILES string of the molecule is COC(CN)CC(=O)N(CCc1cccc(F)c1)C1CC1. The van der Waals surface area contributed by atoms with Gasteiger partial charge in [-0.15, -0.1) is 0 Å². The van der Waals surface area contributed by atoms with Gasteiger partial charge in [0, 0.05) is 26.2 Å². The monoisotopic (exact) mass is 294 g/mol. The number of hydrogen-bond acceptors (Lipinski definition) is 3. The lowest BCUT2D eigenvalue weighted by Crippen LogP contribution is -2.38. The number of methoxy groups -OCH3 is 1. The molecule has 2 rings (SSSR count). The van der Waals surface area contributed by atoms with Gasteiger partial charge in [-0.1, -0.05) is 12.1 Å². The largest absolute Gasteiger partial charge is 0.380 e. The van der Waals surface area contributed by atoms with Crippen molar-refractivity contribution in [2.45, 2.75) is 37.8 Å². The lowest BCUT2D eigenvalue weighted by Gasteiger charge is -2.24. The molecule has 116 valence electrons. The number of rotatable bonds is 8. The summed E-state index contributed by atoms with van der Waals surface area (Å²) in [6.07, 6.45) is 2.85. The zero-order chi connectivity index (χ0) is 15.2. The molecule has 1 unspecified atom stereocenters. The number of ether oxygens (including phenoxy) is 1. The summed E-state index contributed by atoms with van der Waals surface area (Å²) in [5.74, 6) is -0.161. The van der Waals surface area contributed by atoms with Crippen LogP contribution in [0.5, 0.6) is 0 Å². The normalized spacial score (nSPS) is 15.8. The molecule has 1 aliphatic rings. The van der Waals surface area contributed by atoms with Gasteiger partial charge in [0.05, 0.1) is 12.5 Å². The first kappa shape index (κ1) is 15.9. The van der Waals surface area contributed by atoms with E-state index in [0.29, 0.717) is 32.0 Å². The topological polar surface area (TPSA) is 55.6 Å². The van der Waals surface area contributed by atoms with E-state index in [1.165, 1.54) is 12.1 Å². The zero-order valence-electron chi connectivity index (χ0n) is 12.4. The zero-order valence-corrected chi connectivity index (χ0v) is 12.4. The van der Waals surface area contributed by atoms with Crippen LogP contribution in [-0.2, 0) is 16.0 Å². The molecule has 0 aromatic heterocycles. The predicted octanol–water partition coefficient (Wildman–Crippen LogP) is 1.72. The maximum Gasteiger partial charge on any atom is 0.225 e. The summed E-state index contributed by atoms with van der Waals surface area (Å²) in [5, 5.41) is 0. The van der Waals surface area contributed by atoms with E-state index in [4.69, 9.17) is 10.5 Å². The third-order valence-electron chi connectivity index (χ3n) is 3.84. The predicted molar refractivity (Wildman–Crippen MR) is 79.3 cm³/mol. The third-order valence-corrected chi connectivity index (χ3v) is 3.84. The van der Waals surface area contributed by atoms with Crippen molar-refractivity contribution in [3.8, 4) is 0 Å². The second-order valence-electron chi connectivity index (χ2n) is 5.50. The first-order chi connectivity index (χ1) is 10.1. The van der Waals surface area contributed by atoms with Crippen LogP contribution in [-0.4, -0.2) is 43.2 Å². The quantitative estimate of drug-likeness (QED) is 0.794. The van der Waals surface area contributed by atoms with Gasteiger partial charge in [0.15, 0.2) is 0 Å². The summed E-state index contributed by atoms with van der Waals surface area (Å²) >= 11 is 0. The Labute approximate surface area is 125 Å². The van der Waals surface area contributed by atoms with Crippen molar-refractivity contribution in [1.29, 1.82) is 0 Å². The number of nitrogens with two attached hydrogens (primary N) is 1. The molecular weight excluding hydrogens is 271 g/mol. The van der Waals surface area contributed by atoms with Crippen LogP contribution in [0.4, 0.5) is 4.39 Å². The fourth-order valence-corrected chi connectivity index (χ4v) is 2.41. The molecular formula is C16H23FN2O2. The molecule has 4 nitrogen and oxygen atoms in total. The molecule has 0 bridgehead atoms. The van der Waals surface area contributed by atoms with Crippen LogP contribution in [0.2, 0.25) is 0 Å². The Bertz CT molecular complexity index is 473. The molecule has 1 fully saturated rings. The second kappa shape index (κ2) is 7.52. The molecule has 1 aromatic carbocycles. The first-order valence-corrected chi connectivity index (χ1v) is 7.40. The van der Waals surface area contributed by atoms with Gasteiger partial charge < -0.3 is 15.4 Å². The lowest BCUT2D eigenvalue weighted by molar-refractivity contribution is -0.134. The van der Waals surface area contributed by atoms with Crippen molar-refractivity contribution in [2.75, 3.05) is 20.2 Å². The van der Waals surface area contributed by atoms with Crippen molar-refractivity contribution in [3.05, 3.63) is 35.6 Å². The van der Waals surface area contributed by atoms with E-state index in [2.05, 4.69) is 0 Å². The van der Waals surface area contributed by atoms with E-state index >= 15 is 0 Å². The Morgan fingerprint density at radius 2 is 2.29 bits per heavy atom. The number of amides is 1. The van der Waals surface area contributed by atoms with Crippen molar-refractivity contribution in [3.63, 3.8) is 0 Å². The number of benzene rings is 1. The van der Waals surface area contributed by atoms with Crippen molar-refractivity contribution in [2.24, 2.45) is 5.73 Å². The number of nitrogens with zero attached hydrogens (tertiary/aromatic N) is 1. The van der Waals surface area contributed by atoms with Gasteiger partial charge in [-0.3, -0.25) is 4.79 Å². The number of halogens is 1. The van der Waals surface area contributed by atoms with E-state index in [1.54, 1.807) is 13.2 Å². The Balaban J connectivity index is 1.91. The molecule has 21 heavy (non-hydrogen) atoms. The fourth-order valence-electron chi connectivity index (χ4n) is 2.41. The number of carbonyl (C=O) groups excluding carboxylic acids is 1. The van der Waals surface area contributed by atoms with E-state index < -0.39 is 0 Å². The highest BCUT2D eigenvalue weighted by Gasteiger charge is 2.32. The minimum atomic E-state index is -0.237. The maximum absolute atomic E-state index is 13.2. The van der Waals surface area contributed by atoms with Crippen molar-refractivity contribution in [1.82, 2.24) is 4.90 Å². The molecule has 0 heterocycles. The minimum Gasteiger partial charge on any atom is -0.380 e. The molecule has 0 radical (unpaired) electrons. The average Bonchev–Trinajstić information content (AvgIpc) is 3.29. The highest BCUT2D eigenvalue weighted by Crippen LogP contribution is 2.28. The van der Waals surface area contributed by atoms with Crippen LogP contribution in [0, 0.1) is 5.82 Å². The van der Waals surface area contributed by atoms with Crippen LogP contribution in [0.15, 0.2) is 24.3 Å². The summed E-state index contributed by atoms with van der Waals surface area (Å²) in [6.45, 7) is 0.957. The van der Waals surface area contributed by atoms with Gasteiger partial charge in [0.1, 0.15) is 5.82 Å². The molecule has 1 saturated carbocycles. The molecule has 1 atom stereocenters. The highest BCUT2D eigenvalue weighted by atomic mass is 19.1. The standard InChI is InChI=1S/C16H23FN2O2/c1-21-15(11-18)10-16(20)19(14-5-6-14)8-7-12-3-2-4-13(17)9-12/h2-4,9,14-15H,5-8,10-11,18H2,1H3. The third kappa shape index (κ3) is 4.79. The minimum absolute atomic E-state index is 0.0752. The molecule has 0 saturated heterocycles. The summed E-state index contributed by atoms with van der Waals surface area (Å²) in [6, 6.07) is 6.87. The van der Waals surface area contributed by atoms with Crippen LogP contribution in [0.1, 0.15) is 24.8 Å². The Hall–Kier alpha value is -1.46. The van der Waals surface area contributed by atoms with Crippen molar-refractivity contribution >= 4 is 5.91 Å². The van der Waals surface area contributed by atoms with Crippen LogP contribution in [0.3, 0.4) is 0 Å². The van der Waals surface area contributed by atoms with Crippen LogP contribution >= 0.6 is 0 Å².